The van der Waals surface area contributed by atoms with Gasteiger partial charge in [-0.3, -0.25) is 5.10 Å². The molecule has 1 saturated heterocycles. The van der Waals surface area contributed by atoms with Gasteiger partial charge in [0.15, 0.2) is 0 Å². The van der Waals surface area contributed by atoms with E-state index in [2.05, 4.69) is 15.5 Å². The molecule has 2 N–H and O–H groups in total. The Morgan fingerprint density at radius 3 is 2.63 bits per heavy atom. The summed E-state index contributed by atoms with van der Waals surface area (Å²) in [5.41, 5.74) is 1.14. The van der Waals surface area contributed by atoms with Crippen molar-refractivity contribution in [2.75, 3.05) is 19.6 Å². The van der Waals surface area contributed by atoms with Crippen molar-refractivity contribution < 1.29 is 8.42 Å². The smallest absolute Gasteiger partial charge is 0.246 e. The Morgan fingerprint density at radius 1 is 1.42 bits per heavy atom. The molecule has 1 aromatic heterocycles. The molecule has 2 rings (SSSR count). The van der Waals surface area contributed by atoms with Crippen molar-refractivity contribution in [3.63, 3.8) is 0 Å². The molecule has 1 fully saturated rings. The molecule has 0 spiro atoms. The van der Waals surface area contributed by atoms with Crippen LogP contribution < -0.4 is 5.32 Å². The van der Waals surface area contributed by atoms with Gasteiger partial charge in [0, 0.05) is 19.1 Å². The number of H-pyrrole nitrogens is 1. The average molecular weight is 286 g/mol. The highest BCUT2D eigenvalue weighted by Crippen LogP contribution is 2.22. The first-order chi connectivity index (χ1) is 8.96. The molecule has 1 unspecified atom stereocenters. The number of hydrogen-bond acceptors (Lipinski definition) is 4. The van der Waals surface area contributed by atoms with Gasteiger partial charge in [0.05, 0.1) is 11.4 Å². The van der Waals surface area contributed by atoms with E-state index in [1.165, 1.54) is 0 Å². The standard InChI is InChI=1S/C12H22N4O2S/c1-4-16(8-11-6-5-7-13-11)19(17,18)12-9(2)14-15-10(12)3/h11,13H,4-8H2,1-3H3,(H,14,15). The molecule has 2 heterocycles. The number of aromatic nitrogens is 2. The summed E-state index contributed by atoms with van der Waals surface area (Å²) in [4.78, 5) is 0.326. The van der Waals surface area contributed by atoms with Gasteiger partial charge in [0.1, 0.15) is 4.90 Å². The number of sulfonamides is 1. The lowest BCUT2D eigenvalue weighted by Crippen LogP contribution is -2.41. The summed E-state index contributed by atoms with van der Waals surface area (Å²) >= 11 is 0. The molecule has 1 aliphatic rings. The summed E-state index contributed by atoms with van der Waals surface area (Å²) < 4.78 is 26.9. The Morgan fingerprint density at radius 2 is 2.16 bits per heavy atom. The van der Waals surface area contributed by atoms with Gasteiger partial charge in [-0.25, -0.2) is 8.42 Å². The molecular weight excluding hydrogens is 264 g/mol. The largest absolute Gasteiger partial charge is 0.313 e. The molecule has 0 saturated carbocycles. The third-order valence-electron chi connectivity index (χ3n) is 3.60. The van der Waals surface area contributed by atoms with E-state index < -0.39 is 10.0 Å². The van der Waals surface area contributed by atoms with Crippen LogP contribution in [0.4, 0.5) is 0 Å². The quantitative estimate of drug-likeness (QED) is 0.839. The number of nitrogens with zero attached hydrogens (tertiary/aromatic N) is 2. The molecule has 0 radical (unpaired) electrons. The highest BCUT2D eigenvalue weighted by Gasteiger charge is 2.30. The van der Waals surface area contributed by atoms with Crippen LogP contribution in [0.2, 0.25) is 0 Å². The van der Waals surface area contributed by atoms with Crippen LogP contribution >= 0.6 is 0 Å². The first-order valence-corrected chi connectivity index (χ1v) is 8.16. The highest BCUT2D eigenvalue weighted by molar-refractivity contribution is 7.89. The van der Waals surface area contributed by atoms with Crippen molar-refractivity contribution in [3.8, 4) is 0 Å². The van der Waals surface area contributed by atoms with Crippen molar-refractivity contribution in [3.05, 3.63) is 11.4 Å². The molecule has 1 atom stereocenters. The van der Waals surface area contributed by atoms with Gasteiger partial charge >= 0.3 is 0 Å². The Bertz CT molecular complexity index is 512. The summed E-state index contributed by atoms with van der Waals surface area (Å²) in [6.45, 7) is 7.32. The monoisotopic (exact) mass is 286 g/mol. The first kappa shape index (κ1) is 14.5. The van der Waals surface area contributed by atoms with Crippen LogP contribution in [-0.4, -0.2) is 48.6 Å². The number of nitrogens with one attached hydrogen (secondary N) is 2. The Hall–Kier alpha value is -0.920. The summed E-state index contributed by atoms with van der Waals surface area (Å²) in [6, 6.07) is 0.266. The maximum absolute atomic E-state index is 12.7. The predicted octanol–water partition coefficient (Wildman–Crippen LogP) is 0.789. The van der Waals surface area contributed by atoms with Gasteiger partial charge in [0.2, 0.25) is 10.0 Å². The fourth-order valence-electron chi connectivity index (χ4n) is 2.61. The molecule has 1 aromatic rings. The summed E-state index contributed by atoms with van der Waals surface area (Å²) in [6.07, 6.45) is 2.15. The van der Waals surface area contributed by atoms with E-state index in [1.54, 1.807) is 18.2 Å². The Balaban J connectivity index is 2.25. The summed E-state index contributed by atoms with van der Waals surface area (Å²) in [7, 11) is -3.46. The molecule has 0 amide bonds. The number of aromatic amines is 1. The second kappa shape index (κ2) is 5.60. The minimum atomic E-state index is -3.46. The van der Waals surface area contributed by atoms with E-state index in [1.807, 2.05) is 6.92 Å². The average Bonchev–Trinajstić information content (AvgIpc) is 2.96. The fourth-order valence-corrected chi connectivity index (χ4v) is 4.43. The second-order valence-electron chi connectivity index (χ2n) is 5.01. The lowest BCUT2D eigenvalue weighted by atomic mass is 10.2. The zero-order chi connectivity index (χ0) is 14.0. The normalized spacial score (nSPS) is 20.3. The lowest BCUT2D eigenvalue weighted by Gasteiger charge is -2.24. The van der Waals surface area contributed by atoms with Gasteiger partial charge in [-0.2, -0.15) is 9.40 Å². The van der Waals surface area contributed by atoms with Gasteiger partial charge in [-0.15, -0.1) is 0 Å². The van der Waals surface area contributed by atoms with Crippen molar-refractivity contribution >= 4 is 10.0 Å². The van der Waals surface area contributed by atoms with Crippen LogP contribution in [0.5, 0.6) is 0 Å². The minimum absolute atomic E-state index is 0.266. The lowest BCUT2D eigenvalue weighted by molar-refractivity contribution is 0.382. The molecule has 1 aliphatic heterocycles. The fraction of sp³-hybridized carbons (Fsp3) is 0.750. The predicted molar refractivity (Wildman–Crippen MR) is 73.5 cm³/mol. The van der Waals surface area contributed by atoms with Crippen LogP contribution in [0, 0.1) is 13.8 Å². The van der Waals surface area contributed by atoms with Crippen LogP contribution in [0.15, 0.2) is 4.90 Å². The summed E-state index contributed by atoms with van der Waals surface area (Å²) in [5.74, 6) is 0. The van der Waals surface area contributed by atoms with Crippen molar-refractivity contribution in [2.24, 2.45) is 0 Å². The maximum atomic E-state index is 12.7. The van der Waals surface area contributed by atoms with Crippen LogP contribution in [0.25, 0.3) is 0 Å². The van der Waals surface area contributed by atoms with Crippen LogP contribution in [0.1, 0.15) is 31.2 Å². The zero-order valence-corrected chi connectivity index (χ0v) is 12.5. The molecule has 108 valence electrons. The van der Waals surface area contributed by atoms with Gasteiger partial charge in [-0.05, 0) is 33.2 Å². The van der Waals surface area contributed by atoms with E-state index in [4.69, 9.17) is 0 Å². The Kier molecular flexibility index (Phi) is 4.27. The third kappa shape index (κ3) is 2.82. The number of rotatable bonds is 5. The van der Waals surface area contributed by atoms with E-state index >= 15 is 0 Å². The molecule has 7 heteroatoms. The molecule has 0 aliphatic carbocycles. The van der Waals surface area contributed by atoms with Gasteiger partial charge in [0.25, 0.3) is 0 Å². The topological polar surface area (TPSA) is 78.1 Å². The van der Waals surface area contributed by atoms with Gasteiger partial charge < -0.3 is 5.32 Å². The van der Waals surface area contributed by atoms with Crippen molar-refractivity contribution in [1.29, 1.82) is 0 Å². The highest BCUT2D eigenvalue weighted by atomic mass is 32.2. The molecule has 0 aromatic carbocycles. The van der Waals surface area contributed by atoms with Gasteiger partial charge in [-0.1, -0.05) is 6.92 Å². The van der Waals surface area contributed by atoms with E-state index in [9.17, 15) is 8.42 Å². The third-order valence-corrected chi connectivity index (χ3v) is 5.80. The zero-order valence-electron chi connectivity index (χ0n) is 11.7. The van der Waals surface area contributed by atoms with Crippen LogP contribution in [-0.2, 0) is 10.0 Å². The van der Waals surface area contributed by atoms with E-state index in [0.717, 1.165) is 19.4 Å². The molecule has 19 heavy (non-hydrogen) atoms. The molecular formula is C12H22N4O2S. The number of aryl methyl sites for hydroxylation is 2. The number of likely N-dealkylation sites (N-methyl/N-ethyl adjacent to an activating group) is 1. The maximum Gasteiger partial charge on any atom is 0.246 e. The van der Waals surface area contributed by atoms with Crippen molar-refractivity contribution in [2.45, 2.75) is 44.6 Å². The van der Waals surface area contributed by atoms with Crippen molar-refractivity contribution in [1.82, 2.24) is 19.8 Å². The second-order valence-corrected chi connectivity index (χ2v) is 6.89. The van der Waals surface area contributed by atoms with E-state index in [-0.39, 0.29) is 6.04 Å². The Labute approximate surface area is 114 Å². The molecule has 0 bridgehead atoms. The SMILES string of the molecule is CCN(CC1CCCN1)S(=O)(=O)c1c(C)n[nH]c1C. The first-order valence-electron chi connectivity index (χ1n) is 6.72. The van der Waals surface area contributed by atoms with Crippen LogP contribution in [0.3, 0.4) is 0 Å². The summed E-state index contributed by atoms with van der Waals surface area (Å²) in [5, 5.41) is 10.1. The molecule has 6 nitrogen and oxygen atoms in total. The number of hydrogen-bond donors (Lipinski definition) is 2. The minimum Gasteiger partial charge on any atom is -0.313 e. The van der Waals surface area contributed by atoms with E-state index in [0.29, 0.717) is 29.4 Å².